The highest BCUT2D eigenvalue weighted by Gasteiger charge is 2.28. The van der Waals surface area contributed by atoms with Gasteiger partial charge < -0.3 is 20.8 Å². The van der Waals surface area contributed by atoms with E-state index in [1.165, 1.54) is 23.8 Å². The van der Waals surface area contributed by atoms with Crippen molar-refractivity contribution < 1.29 is 9.53 Å². The van der Waals surface area contributed by atoms with E-state index in [9.17, 15) is 4.79 Å². The summed E-state index contributed by atoms with van der Waals surface area (Å²) >= 11 is 1.47. The Morgan fingerprint density at radius 1 is 1.40 bits per heavy atom. The van der Waals surface area contributed by atoms with Crippen LogP contribution in [0.4, 0.5) is 0 Å². The van der Waals surface area contributed by atoms with Gasteiger partial charge in [0.15, 0.2) is 5.01 Å². The summed E-state index contributed by atoms with van der Waals surface area (Å²) in [4.78, 5) is 20.0. The third-order valence-corrected chi connectivity index (χ3v) is 5.62. The Hall–Kier alpha value is -2.67. The number of rotatable bonds is 3. The van der Waals surface area contributed by atoms with E-state index in [-0.39, 0.29) is 5.91 Å². The quantitative estimate of drug-likeness (QED) is 0.829. The molecule has 1 saturated heterocycles. The minimum Gasteiger partial charge on any atom is -0.492 e. The fourth-order valence-corrected chi connectivity index (χ4v) is 4.00. The summed E-state index contributed by atoms with van der Waals surface area (Å²) in [5, 5.41) is 8.00. The zero-order chi connectivity index (χ0) is 17.4. The van der Waals surface area contributed by atoms with Gasteiger partial charge in [0.25, 0.3) is 5.91 Å². The normalized spacial score (nSPS) is 16.2. The first-order chi connectivity index (χ1) is 12.2. The Kier molecular flexibility index (Phi) is 4.01. The molecule has 1 fully saturated rings. The Morgan fingerprint density at radius 2 is 2.24 bits per heavy atom. The number of ether oxygens (including phenoxy) is 1. The monoisotopic (exact) mass is 354 g/mol. The zero-order valence-corrected chi connectivity index (χ0v) is 14.4. The van der Waals surface area contributed by atoms with Crippen LogP contribution in [0.2, 0.25) is 0 Å². The molecule has 7 heteroatoms. The topological polar surface area (TPSA) is 92.3 Å². The molecule has 0 atom stereocenters. The van der Waals surface area contributed by atoms with Crippen LogP contribution in [0, 0.1) is 5.41 Å². The van der Waals surface area contributed by atoms with E-state index in [1.807, 2.05) is 23.1 Å². The van der Waals surface area contributed by atoms with Gasteiger partial charge in [-0.25, -0.2) is 4.98 Å². The van der Waals surface area contributed by atoms with E-state index in [0.717, 1.165) is 47.6 Å². The summed E-state index contributed by atoms with van der Waals surface area (Å²) in [7, 11) is 0. The highest BCUT2D eigenvalue weighted by molar-refractivity contribution is 7.14. The van der Waals surface area contributed by atoms with Gasteiger partial charge in [0.05, 0.1) is 12.3 Å². The number of hydrogen-bond donors (Lipinski definition) is 2. The average Bonchev–Trinajstić information content (AvgIpc) is 2.91. The molecule has 0 spiro atoms. The number of fused-ring (bicyclic) bond motifs is 3. The Morgan fingerprint density at radius 3 is 2.92 bits per heavy atom. The number of benzene rings is 1. The van der Waals surface area contributed by atoms with Crippen molar-refractivity contribution in [1.29, 1.82) is 5.41 Å². The zero-order valence-electron chi connectivity index (χ0n) is 13.6. The predicted octanol–water partition coefficient (Wildman–Crippen LogP) is 2.54. The van der Waals surface area contributed by atoms with E-state index in [0.29, 0.717) is 22.9 Å². The Bertz CT molecular complexity index is 883. The van der Waals surface area contributed by atoms with Crippen LogP contribution in [0.3, 0.4) is 0 Å². The van der Waals surface area contributed by atoms with E-state index >= 15 is 0 Å². The van der Waals surface area contributed by atoms with Crippen molar-refractivity contribution in [3.05, 3.63) is 39.8 Å². The first-order valence-corrected chi connectivity index (χ1v) is 9.02. The van der Waals surface area contributed by atoms with Crippen LogP contribution in [-0.4, -0.2) is 41.7 Å². The first-order valence-electron chi connectivity index (χ1n) is 8.20. The van der Waals surface area contributed by atoms with Gasteiger partial charge in [0.1, 0.15) is 5.75 Å². The summed E-state index contributed by atoms with van der Waals surface area (Å²) in [5.74, 6) is 0.742. The number of aromatic nitrogens is 1. The second kappa shape index (κ2) is 6.33. The molecule has 2 aromatic rings. The molecule has 6 nitrogen and oxygen atoms in total. The number of likely N-dealkylation sites (tertiary alicyclic amines) is 1. The maximum Gasteiger partial charge on any atom is 0.282 e. The number of nitrogens with zero attached hydrogens (tertiary/aromatic N) is 2. The maximum atomic E-state index is 12.5. The number of nitrogens with two attached hydrogens (primary N) is 1. The molecule has 2 aliphatic heterocycles. The number of carbonyl (C=O) groups is 1. The lowest BCUT2D eigenvalue weighted by molar-refractivity contribution is 0.0651. The SMILES string of the molecule is N=C/C(=C\N)c1ccc2c(c1)OCCc1sc(C(=O)N3CCC3)nc1-2. The van der Waals surface area contributed by atoms with Gasteiger partial charge >= 0.3 is 0 Å². The van der Waals surface area contributed by atoms with Gasteiger partial charge in [-0.2, -0.15) is 0 Å². The van der Waals surface area contributed by atoms with Gasteiger partial charge in [-0.3, -0.25) is 4.79 Å². The Balaban J connectivity index is 1.74. The summed E-state index contributed by atoms with van der Waals surface area (Å²) in [6.07, 6.45) is 4.43. The van der Waals surface area contributed by atoms with Crippen LogP contribution in [-0.2, 0) is 6.42 Å². The van der Waals surface area contributed by atoms with Crippen molar-refractivity contribution in [2.45, 2.75) is 12.8 Å². The lowest BCUT2D eigenvalue weighted by Crippen LogP contribution is -2.41. The lowest BCUT2D eigenvalue weighted by atomic mass is 10.0. The van der Waals surface area contributed by atoms with Crippen LogP contribution in [0.25, 0.3) is 16.8 Å². The van der Waals surface area contributed by atoms with Gasteiger partial charge in [-0.1, -0.05) is 6.07 Å². The molecule has 1 amide bonds. The minimum atomic E-state index is 0.0283. The van der Waals surface area contributed by atoms with Crippen molar-refractivity contribution in [2.75, 3.05) is 19.7 Å². The Labute approximate surface area is 149 Å². The molecular weight excluding hydrogens is 336 g/mol. The highest BCUT2D eigenvalue weighted by atomic mass is 32.1. The van der Waals surface area contributed by atoms with Crippen LogP contribution < -0.4 is 10.5 Å². The number of allylic oxidation sites excluding steroid dienone is 1. The van der Waals surface area contributed by atoms with Gasteiger partial charge in [0.2, 0.25) is 0 Å². The molecule has 1 aromatic heterocycles. The van der Waals surface area contributed by atoms with Crippen LogP contribution in [0.5, 0.6) is 5.75 Å². The lowest BCUT2D eigenvalue weighted by Gasteiger charge is -2.29. The molecule has 2 aliphatic rings. The molecule has 4 rings (SSSR count). The third kappa shape index (κ3) is 2.70. The summed E-state index contributed by atoms with van der Waals surface area (Å²) in [6.45, 7) is 2.18. The minimum absolute atomic E-state index is 0.0283. The number of carbonyl (C=O) groups excluding carboxylic acids is 1. The van der Waals surface area contributed by atoms with Crippen molar-refractivity contribution in [3.8, 4) is 17.0 Å². The molecule has 0 saturated carbocycles. The van der Waals surface area contributed by atoms with Gasteiger partial charge in [0, 0.05) is 47.9 Å². The standard InChI is InChI=1S/C18H18N4O2S/c19-9-12(10-20)11-2-3-13-14(8-11)24-7-4-15-16(13)21-17(25-15)18(23)22-5-1-6-22/h2-3,8-10,19H,1,4-7,20H2/b12-10+,19-9?. The number of nitrogens with one attached hydrogen (secondary N) is 1. The maximum absolute atomic E-state index is 12.5. The second-order valence-corrected chi connectivity index (χ2v) is 7.10. The molecule has 0 aliphatic carbocycles. The summed E-state index contributed by atoms with van der Waals surface area (Å²) < 4.78 is 5.88. The van der Waals surface area contributed by atoms with Crippen molar-refractivity contribution in [2.24, 2.45) is 5.73 Å². The fourth-order valence-electron chi connectivity index (χ4n) is 2.98. The predicted molar refractivity (Wildman–Crippen MR) is 98.2 cm³/mol. The number of hydrogen-bond acceptors (Lipinski definition) is 6. The van der Waals surface area contributed by atoms with Crippen LogP contribution in [0.15, 0.2) is 24.4 Å². The molecular formula is C18H18N4O2S. The van der Waals surface area contributed by atoms with Crippen molar-refractivity contribution in [1.82, 2.24) is 9.88 Å². The van der Waals surface area contributed by atoms with E-state index < -0.39 is 0 Å². The smallest absolute Gasteiger partial charge is 0.282 e. The highest BCUT2D eigenvalue weighted by Crippen LogP contribution is 2.39. The molecule has 128 valence electrons. The van der Waals surface area contributed by atoms with Crippen molar-refractivity contribution >= 4 is 29.0 Å². The number of amides is 1. The molecule has 3 N–H and O–H groups in total. The molecule has 0 bridgehead atoms. The second-order valence-electron chi connectivity index (χ2n) is 6.01. The molecule has 25 heavy (non-hydrogen) atoms. The number of thiazole rings is 1. The van der Waals surface area contributed by atoms with E-state index in [1.54, 1.807) is 0 Å². The average molecular weight is 354 g/mol. The molecule has 1 aromatic carbocycles. The molecule has 3 heterocycles. The van der Waals surface area contributed by atoms with Gasteiger partial charge in [-0.15, -0.1) is 11.3 Å². The molecule has 0 unspecified atom stereocenters. The first kappa shape index (κ1) is 15.8. The third-order valence-electron chi connectivity index (χ3n) is 4.52. The van der Waals surface area contributed by atoms with Gasteiger partial charge in [-0.05, 0) is 24.1 Å². The van der Waals surface area contributed by atoms with Crippen LogP contribution in [0.1, 0.15) is 26.7 Å². The largest absolute Gasteiger partial charge is 0.492 e. The fraction of sp³-hybridized carbons (Fsp3) is 0.278. The van der Waals surface area contributed by atoms with E-state index in [4.69, 9.17) is 15.9 Å². The molecule has 0 radical (unpaired) electrons. The van der Waals surface area contributed by atoms with Crippen molar-refractivity contribution in [3.63, 3.8) is 0 Å². The van der Waals surface area contributed by atoms with E-state index in [2.05, 4.69) is 4.98 Å². The summed E-state index contributed by atoms with van der Waals surface area (Å²) in [5.41, 5.74) is 8.75. The van der Waals surface area contributed by atoms with Crippen LogP contribution >= 0.6 is 11.3 Å². The summed E-state index contributed by atoms with van der Waals surface area (Å²) in [6, 6.07) is 5.71.